The van der Waals surface area contributed by atoms with Crippen molar-refractivity contribution >= 4 is 18.4 Å². The average molecular weight is 226 g/mol. The molecule has 0 aliphatic rings. The van der Waals surface area contributed by atoms with E-state index in [9.17, 15) is 4.79 Å². The third-order valence-corrected chi connectivity index (χ3v) is 1.71. The Morgan fingerprint density at radius 1 is 1.57 bits per heavy atom. The van der Waals surface area contributed by atoms with Gasteiger partial charge in [0.25, 0.3) is 0 Å². The fourth-order valence-corrected chi connectivity index (χ4v) is 0.805. The third kappa shape index (κ3) is 9.77. The second kappa shape index (κ2) is 10.8. The molecule has 1 atom stereocenters. The molecule has 86 valence electrons. The Bertz CT molecular complexity index is 144. The maximum absolute atomic E-state index is 11.0. The van der Waals surface area contributed by atoms with Gasteiger partial charge in [-0.25, -0.2) is 0 Å². The molecule has 0 aliphatic heterocycles. The fourth-order valence-electron chi connectivity index (χ4n) is 0.805. The van der Waals surface area contributed by atoms with Crippen molar-refractivity contribution in [1.29, 1.82) is 0 Å². The van der Waals surface area contributed by atoms with Crippen molar-refractivity contribution in [3.63, 3.8) is 0 Å². The van der Waals surface area contributed by atoms with E-state index in [1.54, 1.807) is 0 Å². The zero-order valence-electron chi connectivity index (χ0n) is 8.57. The van der Waals surface area contributed by atoms with Gasteiger partial charge in [-0.3, -0.25) is 4.79 Å². The number of unbranched alkanes of at least 4 members (excludes halogenated alkanes) is 1. The Balaban J connectivity index is 0. The van der Waals surface area contributed by atoms with Gasteiger partial charge in [0.05, 0.1) is 12.7 Å². The van der Waals surface area contributed by atoms with Gasteiger partial charge in [0.2, 0.25) is 0 Å². The number of aliphatic hydroxyl groups is 1. The van der Waals surface area contributed by atoms with Crippen molar-refractivity contribution in [3.8, 4) is 0 Å². The Labute approximate surface area is 91.2 Å². The van der Waals surface area contributed by atoms with Crippen LogP contribution in [0.25, 0.3) is 0 Å². The van der Waals surface area contributed by atoms with Crippen LogP contribution in [0.1, 0.15) is 32.6 Å². The molecular formula is C9H20ClNO3. The summed E-state index contributed by atoms with van der Waals surface area (Å²) in [5.74, 6) is -0.249. The Kier molecular flexibility index (Phi) is 12.4. The van der Waals surface area contributed by atoms with E-state index in [0.29, 0.717) is 13.0 Å². The monoisotopic (exact) mass is 225 g/mol. The summed E-state index contributed by atoms with van der Waals surface area (Å²) < 4.78 is 4.89. The Morgan fingerprint density at radius 3 is 2.71 bits per heavy atom. The lowest BCUT2D eigenvalue weighted by Gasteiger charge is -2.07. The summed E-state index contributed by atoms with van der Waals surface area (Å²) in [5, 5.41) is 9.05. The van der Waals surface area contributed by atoms with Crippen LogP contribution in [0.2, 0.25) is 0 Å². The van der Waals surface area contributed by atoms with Gasteiger partial charge in [0.1, 0.15) is 0 Å². The highest BCUT2D eigenvalue weighted by molar-refractivity contribution is 5.85. The lowest BCUT2D eigenvalue weighted by Crippen LogP contribution is -2.21. The van der Waals surface area contributed by atoms with Crippen LogP contribution in [0.3, 0.4) is 0 Å². The largest absolute Gasteiger partial charge is 0.466 e. The molecular weight excluding hydrogens is 206 g/mol. The molecule has 0 aromatic heterocycles. The molecule has 0 aliphatic carbocycles. The van der Waals surface area contributed by atoms with Gasteiger partial charge in [-0.1, -0.05) is 13.3 Å². The summed E-state index contributed by atoms with van der Waals surface area (Å²) in [6, 6.07) is 0. The fraction of sp³-hybridized carbons (Fsp3) is 0.889. The molecule has 14 heavy (non-hydrogen) atoms. The number of hydrogen-bond acceptors (Lipinski definition) is 4. The minimum absolute atomic E-state index is 0. The molecule has 0 aromatic carbocycles. The number of ether oxygens (including phenoxy) is 1. The molecule has 3 N–H and O–H groups in total. The highest BCUT2D eigenvalue weighted by Gasteiger charge is 2.06. The van der Waals surface area contributed by atoms with E-state index in [-0.39, 0.29) is 31.3 Å². The first-order valence-corrected chi connectivity index (χ1v) is 4.74. The van der Waals surface area contributed by atoms with Crippen molar-refractivity contribution in [2.75, 3.05) is 13.2 Å². The van der Waals surface area contributed by atoms with E-state index in [4.69, 9.17) is 15.6 Å². The topological polar surface area (TPSA) is 72.5 Å². The van der Waals surface area contributed by atoms with Crippen molar-refractivity contribution in [2.45, 2.75) is 38.7 Å². The van der Waals surface area contributed by atoms with Crippen molar-refractivity contribution in [3.05, 3.63) is 0 Å². The van der Waals surface area contributed by atoms with Crippen LogP contribution in [-0.2, 0) is 9.53 Å². The van der Waals surface area contributed by atoms with Crippen LogP contribution in [0.15, 0.2) is 0 Å². The first kappa shape index (κ1) is 16.1. The standard InChI is InChI=1S/C9H19NO3.ClH/c1-2-3-6-13-9(12)5-4-8(11)7-10;/h8,11H,2-7,10H2,1H3;1H. The van der Waals surface area contributed by atoms with Crippen LogP contribution in [-0.4, -0.2) is 30.3 Å². The summed E-state index contributed by atoms with van der Waals surface area (Å²) in [5.41, 5.74) is 5.18. The van der Waals surface area contributed by atoms with Crippen molar-refractivity contribution in [2.24, 2.45) is 5.73 Å². The SMILES string of the molecule is CCCCOC(=O)CCC(O)CN.Cl. The third-order valence-electron chi connectivity index (χ3n) is 1.71. The number of rotatable bonds is 7. The van der Waals surface area contributed by atoms with E-state index in [0.717, 1.165) is 12.8 Å². The van der Waals surface area contributed by atoms with E-state index in [1.807, 2.05) is 6.92 Å². The van der Waals surface area contributed by atoms with E-state index >= 15 is 0 Å². The highest BCUT2D eigenvalue weighted by Crippen LogP contribution is 1.98. The quantitative estimate of drug-likeness (QED) is 0.498. The second-order valence-electron chi connectivity index (χ2n) is 3.00. The van der Waals surface area contributed by atoms with E-state index in [2.05, 4.69) is 0 Å². The number of hydrogen-bond donors (Lipinski definition) is 2. The van der Waals surface area contributed by atoms with Gasteiger partial charge in [-0.2, -0.15) is 0 Å². The van der Waals surface area contributed by atoms with E-state index < -0.39 is 6.10 Å². The maximum atomic E-state index is 11.0. The van der Waals surface area contributed by atoms with Gasteiger partial charge in [-0.15, -0.1) is 12.4 Å². The molecule has 0 saturated heterocycles. The molecule has 0 heterocycles. The number of aliphatic hydroxyl groups excluding tert-OH is 1. The van der Waals surface area contributed by atoms with Crippen LogP contribution < -0.4 is 5.73 Å². The first-order valence-electron chi connectivity index (χ1n) is 4.74. The van der Waals surface area contributed by atoms with Crippen LogP contribution in [0.5, 0.6) is 0 Å². The number of esters is 1. The molecule has 0 radical (unpaired) electrons. The van der Waals surface area contributed by atoms with Gasteiger partial charge in [0, 0.05) is 13.0 Å². The lowest BCUT2D eigenvalue weighted by atomic mass is 10.2. The van der Waals surface area contributed by atoms with Crippen molar-refractivity contribution in [1.82, 2.24) is 0 Å². The second-order valence-corrected chi connectivity index (χ2v) is 3.00. The molecule has 0 spiro atoms. The average Bonchev–Trinajstić information content (AvgIpc) is 2.14. The van der Waals surface area contributed by atoms with Crippen LogP contribution >= 0.6 is 12.4 Å². The molecule has 0 rings (SSSR count). The highest BCUT2D eigenvalue weighted by atomic mass is 35.5. The number of nitrogens with two attached hydrogens (primary N) is 1. The zero-order chi connectivity index (χ0) is 10.1. The normalized spacial score (nSPS) is 11.6. The first-order chi connectivity index (χ1) is 6.20. The molecule has 0 aromatic rings. The summed E-state index contributed by atoms with van der Waals surface area (Å²) in [6.07, 6.45) is 1.96. The molecule has 0 amide bonds. The van der Waals surface area contributed by atoms with Crippen LogP contribution in [0.4, 0.5) is 0 Å². The van der Waals surface area contributed by atoms with Crippen molar-refractivity contribution < 1.29 is 14.6 Å². The number of halogens is 1. The lowest BCUT2D eigenvalue weighted by molar-refractivity contribution is -0.144. The molecule has 0 bridgehead atoms. The maximum Gasteiger partial charge on any atom is 0.305 e. The van der Waals surface area contributed by atoms with Gasteiger partial charge >= 0.3 is 5.97 Å². The molecule has 0 fully saturated rings. The van der Waals surface area contributed by atoms with Gasteiger partial charge in [-0.05, 0) is 12.8 Å². The molecule has 0 saturated carbocycles. The van der Waals surface area contributed by atoms with Gasteiger partial charge < -0.3 is 15.6 Å². The summed E-state index contributed by atoms with van der Waals surface area (Å²) in [4.78, 5) is 11.0. The summed E-state index contributed by atoms with van der Waals surface area (Å²) in [6.45, 7) is 2.71. The Hall–Kier alpha value is -0.320. The predicted molar refractivity (Wildman–Crippen MR) is 57.4 cm³/mol. The summed E-state index contributed by atoms with van der Waals surface area (Å²) in [7, 11) is 0. The van der Waals surface area contributed by atoms with E-state index in [1.165, 1.54) is 0 Å². The molecule has 5 heteroatoms. The van der Waals surface area contributed by atoms with Gasteiger partial charge in [0.15, 0.2) is 0 Å². The van der Waals surface area contributed by atoms with Crippen LogP contribution in [0, 0.1) is 0 Å². The Morgan fingerprint density at radius 2 is 2.21 bits per heavy atom. The molecule has 4 nitrogen and oxygen atoms in total. The molecule has 1 unspecified atom stereocenters. The minimum Gasteiger partial charge on any atom is -0.466 e. The number of carbonyl (C=O) groups excluding carboxylic acids is 1. The predicted octanol–water partition coefficient (Wildman–Crippen LogP) is 0.851. The summed E-state index contributed by atoms with van der Waals surface area (Å²) >= 11 is 0. The smallest absolute Gasteiger partial charge is 0.305 e. The minimum atomic E-state index is -0.585. The number of carbonyl (C=O) groups is 1. The zero-order valence-corrected chi connectivity index (χ0v) is 9.39.